The minimum absolute atomic E-state index is 0.0576. The molecule has 1 atom stereocenters. The molecule has 0 aliphatic carbocycles. The first kappa shape index (κ1) is 19.6. The summed E-state index contributed by atoms with van der Waals surface area (Å²) in [6.07, 6.45) is 2.24. The molecule has 4 nitrogen and oxygen atoms in total. The van der Waals surface area contributed by atoms with Crippen LogP contribution in [0.25, 0.3) is 0 Å². The summed E-state index contributed by atoms with van der Waals surface area (Å²) in [5, 5.41) is 0. The van der Waals surface area contributed by atoms with Crippen molar-refractivity contribution in [2.45, 2.75) is 46.1 Å². The molecular weight excluding hydrogens is 367 g/mol. The Labute approximate surface area is 171 Å². The van der Waals surface area contributed by atoms with Gasteiger partial charge in [-0.05, 0) is 73.6 Å². The Kier molecular flexibility index (Phi) is 5.15. The number of likely N-dealkylation sites (tertiary alicyclic amines) is 1. The van der Waals surface area contributed by atoms with Crippen LogP contribution in [0.15, 0.2) is 36.4 Å². The Morgan fingerprint density at radius 2 is 1.79 bits per heavy atom. The van der Waals surface area contributed by atoms with Gasteiger partial charge >= 0.3 is 0 Å². The summed E-state index contributed by atoms with van der Waals surface area (Å²) in [6.45, 7) is 7.73. The predicted molar refractivity (Wildman–Crippen MR) is 111 cm³/mol. The maximum Gasteiger partial charge on any atom is 0.259 e. The highest BCUT2D eigenvalue weighted by Gasteiger charge is 2.40. The number of anilines is 1. The van der Waals surface area contributed by atoms with E-state index in [1.54, 1.807) is 17.0 Å². The summed E-state index contributed by atoms with van der Waals surface area (Å²) in [5.41, 5.74) is 4.09. The molecular formula is C24H27FN2O2. The van der Waals surface area contributed by atoms with Crippen LogP contribution in [0, 0.1) is 25.6 Å². The number of aryl methyl sites for hydroxylation is 2. The van der Waals surface area contributed by atoms with Crippen LogP contribution >= 0.6 is 0 Å². The number of piperidine rings is 1. The van der Waals surface area contributed by atoms with E-state index >= 15 is 0 Å². The van der Waals surface area contributed by atoms with Crippen molar-refractivity contribution in [3.8, 4) is 0 Å². The zero-order chi connectivity index (χ0) is 20.7. The molecule has 0 bridgehead atoms. The van der Waals surface area contributed by atoms with E-state index in [9.17, 15) is 14.0 Å². The van der Waals surface area contributed by atoms with Crippen LogP contribution in [0.5, 0.6) is 0 Å². The molecule has 0 saturated carbocycles. The minimum atomic E-state index is -0.412. The lowest BCUT2D eigenvalue weighted by Gasteiger charge is -2.32. The molecule has 29 heavy (non-hydrogen) atoms. The van der Waals surface area contributed by atoms with Gasteiger partial charge in [0.1, 0.15) is 5.82 Å². The molecule has 0 spiro atoms. The summed E-state index contributed by atoms with van der Waals surface area (Å²) >= 11 is 0. The van der Waals surface area contributed by atoms with Gasteiger partial charge in [0.2, 0.25) is 5.91 Å². The van der Waals surface area contributed by atoms with E-state index < -0.39 is 11.9 Å². The number of carbonyl (C=O) groups is 2. The summed E-state index contributed by atoms with van der Waals surface area (Å²) in [6, 6.07) is 9.55. The molecule has 2 aromatic rings. The number of carbonyl (C=O) groups excluding carboxylic acids is 2. The molecule has 4 rings (SSSR count). The van der Waals surface area contributed by atoms with Crippen LogP contribution in [0.4, 0.5) is 10.1 Å². The normalized spacial score (nSPS) is 19.6. The summed E-state index contributed by atoms with van der Waals surface area (Å²) < 4.78 is 13.9. The quantitative estimate of drug-likeness (QED) is 0.751. The second-order valence-electron chi connectivity index (χ2n) is 8.46. The van der Waals surface area contributed by atoms with Crippen LogP contribution in [-0.4, -0.2) is 29.8 Å². The Bertz CT molecular complexity index is 963. The van der Waals surface area contributed by atoms with Crippen molar-refractivity contribution >= 4 is 17.5 Å². The van der Waals surface area contributed by atoms with Crippen molar-refractivity contribution in [2.24, 2.45) is 5.92 Å². The molecule has 0 radical (unpaired) electrons. The number of nitrogens with zero attached hydrogens (tertiary/aromatic N) is 2. The summed E-state index contributed by atoms with van der Waals surface area (Å²) in [4.78, 5) is 29.9. The highest BCUT2D eigenvalue weighted by atomic mass is 19.1. The van der Waals surface area contributed by atoms with E-state index in [0.717, 1.165) is 42.6 Å². The fourth-order valence-electron chi connectivity index (χ4n) is 4.39. The number of fused-ring (bicyclic) bond motifs is 1. The van der Waals surface area contributed by atoms with E-state index in [1.807, 2.05) is 30.9 Å². The fourth-order valence-corrected chi connectivity index (χ4v) is 4.39. The van der Waals surface area contributed by atoms with Gasteiger partial charge < -0.3 is 9.80 Å². The standard InChI is InChI=1S/C24H27FN2O2/c1-15-7-9-26(10-8-15)23(28)14-22-20-11-16(2)17(3)12-21(20)24(29)27(22)19-6-4-5-18(25)13-19/h4-6,11-13,15,22H,7-10,14H2,1-3H3. The lowest BCUT2D eigenvalue weighted by molar-refractivity contribution is -0.132. The van der Waals surface area contributed by atoms with Crippen molar-refractivity contribution < 1.29 is 14.0 Å². The molecule has 1 fully saturated rings. The Morgan fingerprint density at radius 3 is 2.48 bits per heavy atom. The smallest absolute Gasteiger partial charge is 0.259 e. The number of hydrogen-bond acceptors (Lipinski definition) is 2. The molecule has 2 heterocycles. The monoisotopic (exact) mass is 394 g/mol. The molecule has 1 unspecified atom stereocenters. The van der Waals surface area contributed by atoms with E-state index in [1.165, 1.54) is 12.1 Å². The Hall–Kier alpha value is -2.69. The Balaban J connectivity index is 1.70. The van der Waals surface area contributed by atoms with Crippen molar-refractivity contribution in [2.75, 3.05) is 18.0 Å². The number of halogens is 1. The highest BCUT2D eigenvalue weighted by Crippen LogP contribution is 2.41. The maximum absolute atomic E-state index is 13.9. The van der Waals surface area contributed by atoms with Gasteiger partial charge in [-0.15, -0.1) is 0 Å². The zero-order valence-corrected chi connectivity index (χ0v) is 17.2. The lowest BCUT2D eigenvalue weighted by atomic mass is 9.95. The second-order valence-corrected chi connectivity index (χ2v) is 8.46. The van der Waals surface area contributed by atoms with Crippen molar-refractivity contribution in [1.82, 2.24) is 4.90 Å². The Morgan fingerprint density at radius 1 is 1.10 bits per heavy atom. The van der Waals surface area contributed by atoms with Crippen LogP contribution in [0.2, 0.25) is 0 Å². The maximum atomic E-state index is 13.9. The van der Waals surface area contributed by atoms with Crippen molar-refractivity contribution in [3.63, 3.8) is 0 Å². The topological polar surface area (TPSA) is 40.6 Å². The lowest BCUT2D eigenvalue weighted by Crippen LogP contribution is -2.40. The summed E-state index contributed by atoms with van der Waals surface area (Å²) in [5.74, 6) is 0.136. The molecule has 2 aliphatic heterocycles. The van der Waals surface area contributed by atoms with Gasteiger partial charge in [-0.2, -0.15) is 0 Å². The van der Waals surface area contributed by atoms with Crippen LogP contribution in [-0.2, 0) is 4.79 Å². The van der Waals surface area contributed by atoms with Gasteiger partial charge in [0.05, 0.1) is 12.5 Å². The fraction of sp³-hybridized carbons (Fsp3) is 0.417. The number of hydrogen-bond donors (Lipinski definition) is 0. The zero-order valence-electron chi connectivity index (χ0n) is 17.2. The van der Waals surface area contributed by atoms with Gasteiger partial charge in [-0.25, -0.2) is 4.39 Å². The predicted octanol–water partition coefficient (Wildman–Crippen LogP) is 4.79. The van der Waals surface area contributed by atoms with E-state index in [0.29, 0.717) is 17.2 Å². The van der Waals surface area contributed by atoms with Crippen molar-refractivity contribution in [3.05, 3.63) is 64.5 Å². The van der Waals surface area contributed by atoms with E-state index in [2.05, 4.69) is 6.92 Å². The molecule has 2 aromatic carbocycles. The average molecular weight is 394 g/mol. The first-order valence-corrected chi connectivity index (χ1v) is 10.3. The minimum Gasteiger partial charge on any atom is -0.343 e. The number of amides is 2. The number of rotatable bonds is 3. The first-order valence-electron chi connectivity index (χ1n) is 10.3. The van der Waals surface area contributed by atoms with E-state index in [-0.39, 0.29) is 18.2 Å². The van der Waals surface area contributed by atoms with Crippen LogP contribution < -0.4 is 4.90 Å². The van der Waals surface area contributed by atoms with Gasteiger partial charge in [-0.1, -0.05) is 19.1 Å². The van der Waals surface area contributed by atoms with Gasteiger partial charge in [0.25, 0.3) is 5.91 Å². The van der Waals surface area contributed by atoms with Crippen LogP contribution in [0.1, 0.15) is 59.3 Å². The third-order valence-corrected chi connectivity index (χ3v) is 6.38. The van der Waals surface area contributed by atoms with Crippen LogP contribution in [0.3, 0.4) is 0 Å². The molecule has 152 valence electrons. The third-order valence-electron chi connectivity index (χ3n) is 6.38. The SMILES string of the molecule is Cc1cc2c(cc1C)C(CC(=O)N1CCC(C)CC1)N(c1cccc(F)c1)C2=O. The molecule has 5 heteroatoms. The third kappa shape index (κ3) is 3.66. The molecule has 2 amide bonds. The largest absolute Gasteiger partial charge is 0.343 e. The van der Waals surface area contributed by atoms with Gasteiger partial charge in [0, 0.05) is 24.3 Å². The molecule has 0 aromatic heterocycles. The molecule has 1 saturated heterocycles. The summed E-state index contributed by atoms with van der Waals surface area (Å²) in [7, 11) is 0. The number of benzene rings is 2. The highest BCUT2D eigenvalue weighted by molar-refractivity contribution is 6.11. The van der Waals surface area contributed by atoms with Gasteiger partial charge in [-0.3, -0.25) is 9.59 Å². The second kappa shape index (κ2) is 7.62. The molecule has 0 N–H and O–H groups in total. The van der Waals surface area contributed by atoms with Gasteiger partial charge in [0.15, 0.2) is 0 Å². The van der Waals surface area contributed by atoms with Crippen molar-refractivity contribution in [1.29, 1.82) is 0 Å². The molecule has 2 aliphatic rings. The van der Waals surface area contributed by atoms with E-state index in [4.69, 9.17) is 0 Å². The average Bonchev–Trinajstić information content (AvgIpc) is 2.94. The first-order chi connectivity index (χ1) is 13.8.